The monoisotopic (exact) mass is 451 g/mol. The van der Waals surface area contributed by atoms with Gasteiger partial charge in [-0.25, -0.2) is 9.97 Å². The molecule has 4 rings (SSSR count). The van der Waals surface area contributed by atoms with Gasteiger partial charge >= 0.3 is 0 Å². The van der Waals surface area contributed by atoms with Gasteiger partial charge in [-0.2, -0.15) is 0 Å². The Bertz CT molecular complexity index is 1180. The summed E-state index contributed by atoms with van der Waals surface area (Å²) in [6.45, 7) is 5.99. The molecule has 1 aliphatic rings. The minimum atomic E-state index is -0.151. The fourth-order valence-electron chi connectivity index (χ4n) is 4.09. The lowest BCUT2D eigenvalue weighted by atomic mass is 10.0. The molecule has 1 aromatic heterocycles. The Balaban J connectivity index is 1.74. The third kappa shape index (κ3) is 4.49. The number of benzene rings is 2. The first-order valence-corrected chi connectivity index (χ1v) is 10.8. The molecule has 1 amide bonds. The molecule has 2 heterocycles. The van der Waals surface area contributed by atoms with Crippen molar-refractivity contribution in [3.05, 3.63) is 47.3 Å². The maximum Gasteiger partial charge on any atom is 0.257 e. The molecule has 9 nitrogen and oxygen atoms in total. The van der Waals surface area contributed by atoms with E-state index in [9.17, 15) is 4.79 Å². The normalized spacial score (nSPS) is 14.7. The molecule has 1 atom stereocenters. The van der Waals surface area contributed by atoms with Crippen molar-refractivity contribution in [3.63, 3.8) is 0 Å². The number of methoxy groups -OCH3 is 2. The first kappa shape index (κ1) is 22.6. The average molecular weight is 452 g/mol. The second-order valence-electron chi connectivity index (χ2n) is 7.93. The Morgan fingerprint density at radius 3 is 2.64 bits per heavy atom. The van der Waals surface area contributed by atoms with Crippen molar-refractivity contribution >= 4 is 28.3 Å². The second-order valence-corrected chi connectivity index (χ2v) is 7.93. The van der Waals surface area contributed by atoms with Gasteiger partial charge in [0.05, 0.1) is 50.2 Å². The summed E-state index contributed by atoms with van der Waals surface area (Å²) in [6, 6.07) is 9.09. The fraction of sp³-hybridized carbons (Fsp3) is 0.375. The van der Waals surface area contributed by atoms with E-state index in [1.807, 2.05) is 32.0 Å². The summed E-state index contributed by atoms with van der Waals surface area (Å²) in [5.74, 6) is 2.23. The van der Waals surface area contributed by atoms with Crippen LogP contribution >= 0.6 is 0 Å². The van der Waals surface area contributed by atoms with E-state index in [4.69, 9.17) is 19.9 Å². The second kappa shape index (κ2) is 9.50. The summed E-state index contributed by atoms with van der Waals surface area (Å²) in [4.78, 5) is 24.1. The van der Waals surface area contributed by atoms with Crippen molar-refractivity contribution in [1.29, 1.82) is 0 Å². The number of hydrogen-bond donors (Lipinski definition) is 2. The van der Waals surface area contributed by atoms with Crippen molar-refractivity contribution in [3.8, 4) is 11.5 Å². The minimum Gasteiger partial charge on any atom is -0.496 e. The van der Waals surface area contributed by atoms with Crippen molar-refractivity contribution in [2.24, 2.45) is 0 Å². The first-order valence-electron chi connectivity index (χ1n) is 10.8. The maximum absolute atomic E-state index is 13.2. The lowest BCUT2D eigenvalue weighted by Crippen LogP contribution is -2.40. The van der Waals surface area contributed by atoms with Crippen LogP contribution in [-0.2, 0) is 4.74 Å². The van der Waals surface area contributed by atoms with E-state index in [0.29, 0.717) is 66.2 Å². The standard InChI is InChI=1S/C24H29N5O4/c1-14(16-6-5-7-19(25)22(16)32-4)26-23-17-13-21(31-3)18(12-20(17)27-15(2)28-23)24(30)29-8-10-33-11-9-29/h5-7,12-14H,8-11,25H2,1-4H3,(H,26,27,28). The molecule has 1 unspecified atom stereocenters. The van der Waals surface area contributed by atoms with E-state index in [1.165, 1.54) is 0 Å². The van der Waals surface area contributed by atoms with E-state index in [2.05, 4.69) is 15.3 Å². The summed E-state index contributed by atoms with van der Waals surface area (Å²) in [6.07, 6.45) is 0. The smallest absolute Gasteiger partial charge is 0.257 e. The third-order valence-corrected chi connectivity index (χ3v) is 5.76. The largest absolute Gasteiger partial charge is 0.496 e. The zero-order valence-corrected chi connectivity index (χ0v) is 19.3. The fourth-order valence-corrected chi connectivity index (χ4v) is 4.09. The molecule has 174 valence electrons. The Labute approximate surface area is 192 Å². The number of amides is 1. The molecular formula is C24H29N5O4. The van der Waals surface area contributed by atoms with Crippen LogP contribution in [0.2, 0.25) is 0 Å². The number of nitrogens with two attached hydrogens (primary N) is 1. The quantitative estimate of drug-likeness (QED) is 0.550. The molecule has 0 spiro atoms. The number of anilines is 2. The molecule has 3 N–H and O–H groups in total. The number of rotatable bonds is 6. The number of nitrogen functional groups attached to an aromatic ring is 1. The lowest BCUT2D eigenvalue weighted by molar-refractivity contribution is 0.0301. The molecule has 1 aliphatic heterocycles. The van der Waals surface area contributed by atoms with Gasteiger partial charge in [0.25, 0.3) is 5.91 Å². The van der Waals surface area contributed by atoms with Crippen LogP contribution in [0.25, 0.3) is 10.9 Å². The van der Waals surface area contributed by atoms with Crippen LogP contribution in [0.1, 0.15) is 34.7 Å². The molecule has 1 fully saturated rings. The van der Waals surface area contributed by atoms with Crippen LogP contribution in [0.5, 0.6) is 11.5 Å². The summed E-state index contributed by atoms with van der Waals surface area (Å²) >= 11 is 0. The number of nitrogens with one attached hydrogen (secondary N) is 1. The van der Waals surface area contributed by atoms with Crippen LogP contribution < -0.4 is 20.5 Å². The molecule has 3 aromatic rings. The van der Waals surface area contributed by atoms with Crippen molar-refractivity contribution in [1.82, 2.24) is 14.9 Å². The Kier molecular flexibility index (Phi) is 6.50. The van der Waals surface area contributed by atoms with Crippen molar-refractivity contribution < 1.29 is 19.0 Å². The van der Waals surface area contributed by atoms with E-state index in [-0.39, 0.29) is 11.9 Å². The zero-order chi connectivity index (χ0) is 23.5. The maximum atomic E-state index is 13.2. The van der Waals surface area contributed by atoms with Gasteiger partial charge in [-0.05, 0) is 32.0 Å². The predicted octanol–water partition coefficient (Wildman–Crippen LogP) is 3.18. The average Bonchev–Trinajstić information content (AvgIpc) is 2.83. The van der Waals surface area contributed by atoms with Gasteiger partial charge in [0.2, 0.25) is 0 Å². The van der Waals surface area contributed by atoms with Gasteiger partial charge in [0.1, 0.15) is 23.1 Å². The van der Waals surface area contributed by atoms with E-state index >= 15 is 0 Å². The number of ether oxygens (including phenoxy) is 3. The molecule has 1 saturated heterocycles. The summed E-state index contributed by atoms with van der Waals surface area (Å²) < 4.78 is 16.5. The number of fused-ring (bicyclic) bond motifs is 1. The summed E-state index contributed by atoms with van der Waals surface area (Å²) in [7, 11) is 3.16. The minimum absolute atomic E-state index is 0.0966. The number of carbonyl (C=O) groups excluding carboxylic acids is 1. The van der Waals surface area contributed by atoms with Crippen LogP contribution in [0.15, 0.2) is 30.3 Å². The summed E-state index contributed by atoms with van der Waals surface area (Å²) in [5, 5.41) is 4.21. The zero-order valence-electron chi connectivity index (χ0n) is 19.3. The number of morpholine rings is 1. The van der Waals surface area contributed by atoms with Crippen molar-refractivity contribution in [2.45, 2.75) is 19.9 Å². The first-order chi connectivity index (χ1) is 15.9. The van der Waals surface area contributed by atoms with Crippen LogP contribution in [-0.4, -0.2) is 61.3 Å². The van der Waals surface area contributed by atoms with Gasteiger partial charge in [-0.15, -0.1) is 0 Å². The van der Waals surface area contributed by atoms with E-state index < -0.39 is 0 Å². The number of hydrogen-bond acceptors (Lipinski definition) is 8. The number of aryl methyl sites for hydroxylation is 1. The molecule has 33 heavy (non-hydrogen) atoms. The van der Waals surface area contributed by atoms with E-state index in [0.717, 1.165) is 10.9 Å². The number of aromatic nitrogens is 2. The number of para-hydroxylation sites is 1. The Morgan fingerprint density at radius 2 is 1.94 bits per heavy atom. The van der Waals surface area contributed by atoms with Gasteiger partial charge < -0.3 is 30.2 Å². The lowest BCUT2D eigenvalue weighted by Gasteiger charge is -2.27. The SMILES string of the molecule is COc1cc2c(NC(C)c3cccc(N)c3OC)nc(C)nc2cc1C(=O)N1CCOCC1. The molecule has 2 aromatic carbocycles. The topological polar surface area (TPSA) is 112 Å². The van der Waals surface area contributed by atoms with Gasteiger partial charge in [-0.1, -0.05) is 12.1 Å². The van der Waals surface area contributed by atoms with Gasteiger partial charge in [0.15, 0.2) is 0 Å². The van der Waals surface area contributed by atoms with Crippen LogP contribution in [0.3, 0.4) is 0 Å². The Hall–Kier alpha value is -3.59. The highest BCUT2D eigenvalue weighted by molar-refractivity contribution is 6.02. The Morgan fingerprint density at radius 1 is 1.18 bits per heavy atom. The van der Waals surface area contributed by atoms with Crippen LogP contribution in [0.4, 0.5) is 11.5 Å². The van der Waals surface area contributed by atoms with Crippen molar-refractivity contribution in [2.75, 3.05) is 51.6 Å². The molecule has 0 bridgehead atoms. The molecule has 9 heteroatoms. The molecular weight excluding hydrogens is 422 g/mol. The number of nitrogens with zero attached hydrogens (tertiary/aromatic N) is 3. The molecule has 0 radical (unpaired) electrons. The number of carbonyl (C=O) groups is 1. The third-order valence-electron chi connectivity index (χ3n) is 5.76. The van der Waals surface area contributed by atoms with Crippen LogP contribution in [0, 0.1) is 6.92 Å². The van der Waals surface area contributed by atoms with E-state index in [1.54, 1.807) is 31.3 Å². The van der Waals surface area contributed by atoms with Gasteiger partial charge in [-0.3, -0.25) is 4.79 Å². The summed E-state index contributed by atoms with van der Waals surface area (Å²) in [5.41, 5.74) is 8.70. The molecule has 0 aliphatic carbocycles. The highest BCUT2D eigenvalue weighted by Gasteiger charge is 2.24. The molecule has 0 saturated carbocycles. The highest BCUT2D eigenvalue weighted by atomic mass is 16.5. The predicted molar refractivity (Wildman–Crippen MR) is 127 cm³/mol. The highest BCUT2D eigenvalue weighted by Crippen LogP contribution is 2.35. The van der Waals surface area contributed by atoms with Gasteiger partial charge in [0, 0.05) is 24.0 Å².